The number of benzene rings is 3. The molecule has 22 heavy (non-hydrogen) atoms. The van der Waals surface area contributed by atoms with Gasteiger partial charge in [0, 0.05) is 22.5 Å². The van der Waals surface area contributed by atoms with Crippen molar-refractivity contribution in [3.8, 4) is 0 Å². The van der Waals surface area contributed by atoms with Gasteiger partial charge in [-0.3, -0.25) is 4.79 Å². The maximum absolute atomic E-state index is 12.7. The molecule has 0 atom stereocenters. The van der Waals surface area contributed by atoms with Crippen molar-refractivity contribution in [2.24, 2.45) is 0 Å². The van der Waals surface area contributed by atoms with E-state index >= 15 is 0 Å². The van der Waals surface area contributed by atoms with Crippen LogP contribution in [0.2, 0.25) is 0 Å². The Morgan fingerprint density at radius 1 is 0.818 bits per heavy atom. The average Bonchev–Trinajstić information content (AvgIpc) is 2.56. The van der Waals surface area contributed by atoms with Crippen LogP contribution < -0.4 is 5.32 Å². The Hall–Kier alpha value is -2.87. The number of carbonyl (C=O) groups excluding carboxylic acids is 1. The molecule has 0 aliphatic carbocycles. The second kappa shape index (κ2) is 6.27. The molecule has 0 saturated carbocycles. The van der Waals surface area contributed by atoms with Gasteiger partial charge in [-0.15, -0.1) is 0 Å². The van der Waals surface area contributed by atoms with Gasteiger partial charge >= 0.3 is 0 Å². The van der Waals surface area contributed by atoms with Crippen LogP contribution in [-0.4, -0.2) is 5.78 Å². The fraction of sp³-hybridized carbons (Fsp3) is 0.0500. The molecule has 2 heteroatoms. The molecule has 0 bridgehead atoms. The number of rotatable bonds is 4. The molecule has 0 saturated heterocycles. The lowest BCUT2D eigenvalue weighted by Gasteiger charge is -2.12. The fourth-order valence-electron chi connectivity index (χ4n) is 2.41. The number of nitrogens with one attached hydrogen (secondary N) is 1. The molecule has 0 amide bonds. The number of ketones is 1. The quantitative estimate of drug-likeness (QED) is 0.686. The Bertz CT molecular complexity index is 794. The average molecular weight is 287 g/mol. The van der Waals surface area contributed by atoms with Gasteiger partial charge in [-0.05, 0) is 36.8 Å². The van der Waals surface area contributed by atoms with Crippen molar-refractivity contribution in [2.75, 3.05) is 5.32 Å². The van der Waals surface area contributed by atoms with E-state index in [9.17, 15) is 4.79 Å². The highest BCUT2D eigenvalue weighted by atomic mass is 16.1. The SMILES string of the molecule is Cc1cccc(Nc2ccccc2C(=O)c2ccccc2)c1. The van der Waals surface area contributed by atoms with E-state index in [1.54, 1.807) is 0 Å². The third-order valence-electron chi connectivity index (χ3n) is 3.50. The molecule has 0 fully saturated rings. The molecule has 0 spiro atoms. The Balaban J connectivity index is 1.95. The highest BCUT2D eigenvalue weighted by Gasteiger charge is 2.12. The Morgan fingerprint density at radius 3 is 2.32 bits per heavy atom. The summed E-state index contributed by atoms with van der Waals surface area (Å²) >= 11 is 0. The minimum absolute atomic E-state index is 0.0244. The molecule has 0 radical (unpaired) electrons. The van der Waals surface area contributed by atoms with E-state index < -0.39 is 0 Å². The molecular weight excluding hydrogens is 270 g/mol. The lowest BCUT2D eigenvalue weighted by molar-refractivity contribution is 0.103. The minimum atomic E-state index is 0.0244. The lowest BCUT2D eigenvalue weighted by Crippen LogP contribution is -2.05. The van der Waals surface area contributed by atoms with Crippen molar-refractivity contribution < 1.29 is 4.79 Å². The van der Waals surface area contributed by atoms with Gasteiger partial charge in [0.15, 0.2) is 5.78 Å². The van der Waals surface area contributed by atoms with Gasteiger partial charge in [0.25, 0.3) is 0 Å². The predicted molar refractivity (Wildman–Crippen MR) is 90.8 cm³/mol. The molecule has 0 unspecified atom stereocenters. The van der Waals surface area contributed by atoms with Crippen LogP contribution in [0.15, 0.2) is 78.9 Å². The lowest BCUT2D eigenvalue weighted by atomic mass is 10.0. The van der Waals surface area contributed by atoms with Gasteiger partial charge in [0.2, 0.25) is 0 Å². The van der Waals surface area contributed by atoms with Gasteiger partial charge in [-0.2, -0.15) is 0 Å². The molecule has 2 nitrogen and oxygen atoms in total. The normalized spacial score (nSPS) is 10.2. The van der Waals surface area contributed by atoms with E-state index in [0.29, 0.717) is 11.1 Å². The van der Waals surface area contributed by atoms with Crippen molar-refractivity contribution in [3.05, 3.63) is 95.6 Å². The number of carbonyl (C=O) groups is 1. The van der Waals surface area contributed by atoms with Crippen LogP contribution in [0.3, 0.4) is 0 Å². The first-order valence-electron chi connectivity index (χ1n) is 7.26. The summed E-state index contributed by atoms with van der Waals surface area (Å²) < 4.78 is 0. The molecule has 1 N–H and O–H groups in total. The first-order valence-corrected chi connectivity index (χ1v) is 7.26. The van der Waals surface area contributed by atoms with Crippen LogP contribution in [0.5, 0.6) is 0 Å². The molecule has 0 heterocycles. The minimum Gasteiger partial charge on any atom is -0.355 e. The first-order chi connectivity index (χ1) is 10.7. The zero-order chi connectivity index (χ0) is 15.4. The van der Waals surface area contributed by atoms with Crippen molar-refractivity contribution >= 4 is 17.2 Å². The summed E-state index contributed by atoms with van der Waals surface area (Å²) in [5.74, 6) is 0.0244. The number of aryl methyl sites for hydroxylation is 1. The summed E-state index contributed by atoms with van der Waals surface area (Å²) in [6.45, 7) is 2.05. The van der Waals surface area contributed by atoms with Crippen molar-refractivity contribution in [1.29, 1.82) is 0 Å². The standard InChI is InChI=1S/C20H17NO/c1-15-8-7-11-17(14-15)21-19-13-6-5-12-18(19)20(22)16-9-3-2-4-10-16/h2-14,21H,1H3. The second-order valence-electron chi connectivity index (χ2n) is 5.24. The summed E-state index contributed by atoms with van der Waals surface area (Å²) in [5.41, 5.74) is 4.35. The highest BCUT2D eigenvalue weighted by Crippen LogP contribution is 2.23. The molecule has 0 aliphatic heterocycles. The first kappa shape index (κ1) is 14.1. The van der Waals surface area contributed by atoms with E-state index in [2.05, 4.69) is 11.4 Å². The number of para-hydroxylation sites is 1. The summed E-state index contributed by atoms with van der Waals surface area (Å²) in [7, 11) is 0. The third kappa shape index (κ3) is 3.07. The van der Waals surface area contributed by atoms with E-state index in [1.165, 1.54) is 5.56 Å². The monoisotopic (exact) mass is 287 g/mol. The predicted octanol–water partition coefficient (Wildman–Crippen LogP) is 4.97. The largest absolute Gasteiger partial charge is 0.355 e. The van der Waals surface area contributed by atoms with Gasteiger partial charge in [0.1, 0.15) is 0 Å². The van der Waals surface area contributed by atoms with E-state index in [0.717, 1.165) is 11.4 Å². The maximum Gasteiger partial charge on any atom is 0.195 e. The number of hydrogen-bond donors (Lipinski definition) is 1. The number of hydrogen-bond acceptors (Lipinski definition) is 2. The van der Waals surface area contributed by atoms with Crippen molar-refractivity contribution in [1.82, 2.24) is 0 Å². The number of anilines is 2. The van der Waals surface area contributed by atoms with Gasteiger partial charge in [-0.25, -0.2) is 0 Å². The van der Waals surface area contributed by atoms with E-state index in [4.69, 9.17) is 0 Å². The van der Waals surface area contributed by atoms with Crippen LogP contribution >= 0.6 is 0 Å². The van der Waals surface area contributed by atoms with Crippen LogP contribution in [0.25, 0.3) is 0 Å². The summed E-state index contributed by atoms with van der Waals surface area (Å²) in [6.07, 6.45) is 0. The fourth-order valence-corrected chi connectivity index (χ4v) is 2.41. The van der Waals surface area contributed by atoms with Crippen LogP contribution in [0, 0.1) is 6.92 Å². The Morgan fingerprint density at radius 2 is 1.55 bits per heavy atom. The Labute approximate surface area is 130 Å². The zero-order valence-electron chi connectivity index (χ0n) is 12.4. The van der Waals surface area contributed by atoms with Gasteiger partial charge in [0.05, 0.1) is 0 Å². The summed E-state index contributed by atoms with van der Waals surface area (Å²) in [6, 6.07) is 25.1. The molecule has 0 aromatic heterocycles. The molecule has 3 aromatic rings. The van der Waals surface area contributed by atoms with Gasteiger partial charge in [-0.1, -0.05) is 54.6 Å². The Kier molecular flexibility index (Phi) is 4.01. The summed E-state index contributed by atoms with van der Waals surface area (Å²) in [4.78, 5) is 12.7. The highest BCUT2D eigenvalue weighted by molar-refractivity contribution is 6.12. The smallest absolute Gasteiger partial charge is 0.195 e. The molecule has 108 valence electrons. The second-order valence-corrected chi connectivity index (χ2v) is 5.24. The van der Waals surface area contributed by atoms with E-state index in [-0.39, 0.29) is 5.78 Å². The van der Waals surface area contributed by atoms with Crippen LogP contribution in [0.1, 0.15) is 21.5 Å². The maximum atomic E-state index is 12.7. The van der Waals surface area contributed by atoms with E-state index in [1.807, 2.05) is 79.7 Å². The van der Waals surface area contributed by atoms with Crippen LogP contribution in [0.4, 0.5) is 11.4 Å². The topological polar surface area (TPSA) is 29.1 Å². The zero-order valence-corrected chi connectivity index (χ0v) is 12.4. The van der Waals surface area contributed by atoms with Crippen molar-refractivity contribution in [2.45, 2.75) is 6.92 Å². The molecule has 0 aliphatic rings. The van der Waals surface area contributed by atoms with Crippen molar-refractivity contribution in [3.63, 3.8) is 0 Å². The summed E-state index contributed by atoms with van der Waals surface area (Å²) in [5, 5.41) is 3.34. The molecule has 3 rings (SSSR count). The van der Waals surface area contributed by atoms with Crippen LogP contribution in [-0.2, 0) is 0 Å². The molecule has 3 aromatic carbocycles. The van der Waals surface area contributed by atoms with Gasteiger partial charge < -0.3 is 5.32 Å². The third-order valence-corrected chi connectivity index (χ3v) is 3.50. The molecular formula is C20H17NO.